The Hall–Kier alpha value is -2.07. The number of benzene rings is 1. The first-order valence-electron chi connectivity index (χ1n) is 7.29. The van der Waals surface area contributed by atoms with E-state index in [1.807, 2.05) is 19.1 Å². The van der Waals surface area contributed by atoms with Gasteiger partial charge in [0.05, 0.1) is 12.8 Å². The van der Waals surface area contributed by atoms with Crippen molar-refractivity contribution in [2.24, 2.45) is 0 Å². The van der Waals surface area contributed by atoms with E-state index in [0.29, 0.717) is 12.4 Å². The summed E-state index contributed by atoms with van der Waals surface area (Å²) in [6.45, 7) is 3.56. The molecule has 2 heterocycles. The number of pyridine rings is 1. The van der Waals surface area contributed by atoms with E-state index in [-0.39, 0.29) is 0 Å². The van der Waals surface area contributed by atoms with Crippen molar-refractivity contribution >= 4 is 5.69 Å². The van der Waals surface area contributed by atoms with Gasteiger partial charge in [-0.25, -0.2) is 0 Å². The second kappa shape index (κ2) is 5.74. The first kappa shape index (κ1) is 13.9. The minimum atomic E-state index is -0.672. The first-order chi connectivity index (χ1) is 10.2. The monoisotopic (exact) mass is 284 g/mol. The van der Waals surface area contributed by atoms with Crippen molar-refractivity contribution < 1.29 is 9.84 Å². The Kier molecular flexibility index (Phi) is 3.80. The van der Waals surface area contributed by atoms with Gasteiger partial charge in [-0.3, -0.25) is 4.98 Å². The van der Waals surface area contributed by atoms with Gasteiger partial charge in [-0.1, -0.05) is 12.1 Å². The summed E-state index contributed by atoms with van der Waals surface area (Å²) in [5, 5.41) is 10.6. The molecule has 1 aromatic heterocycles. The van der Waals surface area contributed by atoms with Gasteiger partial charge in [0.25, 0.3) is 0 Å². The number of fused-ring (bicyclic) bond motifs is 1. The lowest BCUT2D eigenvalue weighted by atomic mass is 10.00. The fourth-order valence-corrected chi connectivity index (χ4v) is 2.78. The van der Waals surface area contributed by atoms with Crippen LogP contribution >= 0.6 is 0 Å². The van der Waals surface area contributed by atoms with Gasteiger partial charge in [-0.2, -0.15) is 0 Å². The minimum Gasteiger partial charge on any atom is -0.492 e. The van der Waals surface area contributed by atoms with Gasteiger partial charge in [0.2, 0.25) is 0 Å². The molecule has 1 aliphatic heterocycles. The summed E-state index contributed by atoms with van der Waals surface area (Å²) in [7, 11) is 2.09. The molecule has 3 rings (SSSR count). The molecule has 21 heavy (non-hydrogen) atoms. The lowest BCUT2D eigenvalue weighted by Crippen LogP contribution is -2.12. The maximum atomic E-state index is 10.6. The van der Waals surface area contributed by atoms with E-state index in [1.54, 1.807) is 12.4 Å². The number of ether oxygens (including phenoxy) is 1. The molecule has 1 aliphatic rings. The van der Waals surface area contributed by atoms with Crippen LogP contribution in [0.2, 0.25) is 0 Å². The van der Waals surface area contributed by atoms with E-state index < -0.39 is 6.10 Å². The molecular weight excluding hydrogens is 264 g/mol. The van der Waals surface area contributed by atoms with Crippen molar-refractivity contribution in [3.05, 3.63) is 53.3 Å². The Morgan fingerprint density at radius 1 is 1.29 bits per heavy atom. The predicted octanol–water partition coefficient (Wildman–Crippen LogP) is 2.55. The number of aromatic nitrogens is 1. The van der Waals surface area contributed by atoms with E-state index in [4.69, 9.17) is 4.74 Å². The highest BCUT2D eigenvalue weighted by molar-refractivity contribution is 5.59. The maximum Gasteiger partial charge on any atom is 0.137 e. The second-order valence-corrected chi connectivity index (χ2v) is 5.35. The van der Waals surface area contributed by atoms with Crippen molar-refractivity contribution in [3.63, 3.8) is 0 Å². The average Bonchev–Trinajstić information content (AvgIpc) is 2.88. The third-order valence-corrected chi connectivity index (χ3v) is 3.91. The van der Waals surface area contributed by atoms with Crippen LogP contribution in [0.3, 0.4) is 0 Å². The maximum absolute atomic E-state index is 10.6. The Morgan fingerprint density at radius 2 is 2.14 bits per heavy atom. The molecule has 1 N–H and O–H groups in total. The van der Waals surface area contributed by atoms with E-state index in [9.17, 15) is 5.11 Å². The molecule has 0 fully saturated rings. The van der Waals surface area contributed by atoms with Gasteiger partial charge in [0.15, 0.2) is 0 Å². The molecule has 2 aromatic rings. The zero-order valence-corrected chi connectivity index (χ0v) is 12.4. The third-order valence-electron chi connectivity index (χ3n) is 3.91. The number of nitrogens with zero attached hydrogens (tertiary/aromatic N) is 2. The number of rotatable bonds is 4. The zero-order valence-electron chi connectivity index (χ0n) is 12.4. The van der Waals surface area contributed by atoms with Crippen molar-refractivity contribution in [1.82, 2.24) is 4.98 Å². The van der Waals surface area contributed by atoms with Crippen molar-refractivity contribution in [2.45, 2.75) is 19.4 Å². The molecule has 0 bridgehead atoms. The third kappa shape index (κ3) is 2.72. The van der Waals surface area contributed by atoms with E-state index in [2.05, 4.69) is 29.1 Å². The van der Waals surface area contributed by atoms with Crippen molar-refractivity contribution in [1.29, 1.82) is 0 Å². The highest BCUT2D eigenvalue weighted by Gasteiger charge is 2.19. The SMILES string of the molecule is CCOc1cncc(C(O)c2ccc3c(c2)CCN3C)c1. The molecule has 0 aliphatic carbocycles. The first-order valence-corrected chi connectivity index (χ1v) is 7.29. The molecular formula is C17H20N2O2. The average molecular weight is 284 g/mol. The van der Waals surface area contributed by atoms with Crippen LogP contribution in [0.25, 0.3) is 0 Å². The summed E-state index contributed by atoms with van der Waals surface area (Å²) in [6, 6.07) is 8.01. The van der Waals surface area contributed by atoms with E-state index in [1.165, 1.54) is 11.3 Å². The number of aliphatic hydroxyl groups is 1. The molecule has 1 aromatic carbocycles. The summed E-state index contributed by atoms with van der Waals surface area (Å²) >= 11 is 0. The molecule has 0 saturated carbocycles. The van der Waals surface area contributed by atoms with E-state index in [0.717, 1.165) is 24.1 Å². The van der Waals surface area contributed by atoms with Crippen molar-refractivity contribution in [3.8, 4) is 5.75 Å². The summed E-state index contributed by atoms with van der Waals surface area (Å²) < 4.78 is 5.44. The van der Waals surface area contributed by atoms with Crippen LogP contribution in [0.5, 0.6) is 5.75 Å². The van der Waals surface area contributed by atoms with Crippen LogP contribution in [0.4, 0.5) is 5.69 Å². The number of hydrogen-bond acceptors (Lipinski definition) is 4. The standard InChI is InChI=1S/C17H20N2O2/c1-3-21-15-9-14(10-18-11-15)17(20)13-4-5-16-12(8-13)6-7-19(16)2/h4-5,8-11,17,20H,3,6-7H2,1-2H3. The smallest absolute Gasteiger partial charge is 0.137 e. The largest absolute Gasteiger partial charge is 0.492 e. The Morgan fingerprint density at radius 3 is 2.95 bits per heavy atom. The molecule has 4 heteroatoms. The number of anilines is 1. The van der Waals surface area contributed by atoms with Gasteiger partial charge in [0, 0.05) is 31.0 Å². The summed E-state index contributed by atoms with van der Waals surface area (Å²) in [6.07, 6.45) is 3.71. The molecule has 1 atom stereocenters. The molecule has 110 valence electrons. The van der Waals surface area contributed by atoms with Crippen LogP contribution in [0.15, 0.2) is 36.7 Å². The van der Waals surface area contributed by atoms with Gasteiger partial charge in [0.1, 0.15) is 11.9 Å². The van der Waals surface area contributed by atoms with Gasteiger partial charge < -0.3 is 14.7 Å². The van der Waals surface area contributed by atoms with Gasteiger partial charge in [-0.15, -0.1) is 0 Å². The fourth-order valence-electron chi connectivity index (χ4n) is 2.78. The molecule has 0 amide bonds. The van der Waals surface area contributed by atoms with Crippen molar-refractivity contribution in [2.75, 3.05) is 25.1 Å². The fraction of sp³-hybridized carbons (Fsp3) is 0.353. The Bertz CT molecular complexity index is 642. The highest BCUT2D eigenvalue weighted by Crippen LogP contribution is 2.31. The van der Waals surface area contributed by atoms with Crippen LogP contribution in [0, 0.1) is 0 Å². The van der Waals surface area contributed by atoms with Crippen LogP contribution in [0.1, 0.15) is 29.7 Å². The van der Waals surface area contributed by atoms with E-state index >= 15 is 0 Å². The second-order valence-electron chi connectivity index (χ2n) is 5.35. The summed E-state index contributed by atoms with van der Waals surface area (Å²) in [5.41, 5.74) is 4.21. The number of likely N-dealkylation sites (N-methyl/N-ethyl adjacent to an activating group) is 1. The number of aliphatic hydroxyl groups excluding tert-OH is 1. The topological polar surface area (TPSA) is 45.6 Å². The summed E-state index contributed by atoms with van der Waals surface area (Å²) in [5.74, 6) is 0.690. The van der Waals surface area contributed by atoms with Crippen LogP contribution in [-0.2, 0) is 6.42 Å². The molecule has 0 radical (unpaired) electrons. The lowest BCUT2D eigenvalue weighted by Gasteiger charge is -2.15. The Balaban J connectivity index is 1.88. The van der Waals surface area contributed by atoms with Gasteiger partial charge in [-0.05, 0) is 36.6 Å². The molecule has 1 unspecified atom stereocenters. The van der Waals surface area contributed by atoms with Gasteiger partial charge >= 0.3 is 0 Å². The minimum absolute atomic E-state index is 0.590. The predicted molar refractivity (Wildman–Crippen MR) is 82.9 cm³/mol. The molecule has 0 spiro atoms. The Labute approximate surface area is 125 Å². The lowest BCUT2D eigenvalue weighted by molar-refractivity contribution is 0.219. The zero-order chi connectivity index (χ0) is 14.8. The molecule has 0 saturated heterocycles. The highest BCUT2D eigenvalue weighted by atomic mass is 16.5. The normalized spacial score (nSPS) is 14.9. The number of hydrogen-bond donors (Lipinski definition) is 1. The van der Waals surface area contributed by atoms with Crippen LogP contribution in [-0.4, -0.2) is 30.3 Å². The van der Waals surface area contributed by atoms with Crippen LogP contribution < -0.4 is 9.64 Å². The quantitative estimate of drug-likeness (QED) is 0.937. The summed E-state index contributed by atoms with van der Waals surface area (Å²) in [4.78, 5) is 6.38. The molecule has 4 nitrogen and oxygen atoms in total.